The van der Waals surface area contributed by atoms with Gasteiger partial charge in [-0.15, -0.1) is 0 Å². The number of hydrogen-bond donors (Lipinski definition) is 1. The third kappa shape index (κ3) is 7.31. The van der Waals surface area contributed by atoms with Crippen LogP contribution in [0.1, 0.15) is 46.0 Å². The van der Waals surface area contributed by atoms with E-state index in [2.05, 4.69) is 5.32 Å². The molecule has 1 aliphatic rings. The molecular formula is C14H29NO3. The first kappa shape index (κ1) is 15.9. The van der Waals surface area contributed by atoms with Crippen LogP contribution in [-0.2, 0) is 14.2 Å². The molecule has 1 aliphatic carbocycles. The lowest BCUT2D eigenvalue weighted by molar-refractivity contribution is -0.133. The van der Waals surface area contributed by atoms with Crippen LogP contribution in [-0.4, -0.2) is 45.3 Å². The minimum Gasteiger partial charge on any atom is -0.377 e. The molecule has 0 bridgehead atoms. The van der Waals surface area contributed by atoms with Gasteiger partial charge in [0.25, 0.3) is 0 Å². The molecule has 108 valence electrons. The second-order valence-electron chi connectivity index (χ2n) is 4.68. The van der Waals surface area contributed by atoms with Crippen molar-refractivity contribution in [1.29, 1.82) is 0 Å². The highest BCUT2D eigenvalue weighted by molar-refractivity contribution is 4.65. The van der Waals surface area contributed by atoms with Crippen molar-refractivity contribution in [1.82, 2.24) is 5.32 Å². The van der Waals surface area contributed by atoms with Gasteiger partial charge in [-0.05, 0) is 26.7 Å². The summed E-state index contributed by atoms with van der Waals surface area (Å²) in [5.41, 5.74) is 0. The van der Waals surface area contributed by atoms with Crippen LogP contribution in [0.4, 0.5) is 0 Å². The van der Waals surface area contributed by atoms with E-state index in [1.54, 1.807) is 0 Å². The molecule has 1 N–H and O–H groups in total. The van der Waals surface area contributed by atoms with Crippen molar-refractivity contribution >= 4 is 0 Å². The second-order valence-corrected chi connectivity index (χ2v) is 4.68. The van der Waals surface area contributed by atoms with E-state index in [1.165, 1.54) is 32.1 Å². The Balaban J connectivity index is 1.95. The van der Waals surface area contributed by atoms with Gasteiger partial charge in [-0.2, -0.15) is 0 Å². The number of rotatable bonds is 10. The average molecular weight is 259 g/mol. The summed E-state index contributed by atoms with van der Waals surface area (Å²) < 4.78 is 16.7. The summed E-state index contributed by atoms with van der Waals surface area (Å²) in [4.78, 5) is 0. The third-order valence-electron chi connectivity index (χ3n) is 3.20. The first-order valence-corrected chi connectivity index (χ1v) is 7.42. The molecule has 0 aromatic rings. The molecule has 0 aliphatic heterocycles. The van der Waals surface area contributed by atoms with Crippen molar-refractivity contribution in [2.75, 3.05) is 32.9 Å². The normalized spacial score (nSPS) is 17.5. The predicted octanol–water partition coefficient (Wildman–Crippen LogP) is 2.32. The molecule has 0 aromatic carbocycles. The summed E-state index contributed by atoms with van der Waals surface area (Å²) in [5.74, 6) is 0. The lowest BCUT2D eigenvalue weighted by atomic mass is 9.98. The molecule has 0 unspecified atom stereocenters. The van der Waals surface area contributed by atoms with Crippen molar-refractivity contribution < 1.29 is 14.2 Å². The van der Waals surface area contributed by atoms with Crippen LogP contribution < -0.4 is 5.32 Å². The summed E-state index contributed by atoms with van der Waals surface area (Å²) in [7, 11) is 0. The number of ether oxygens (including phenoxy) is 3. The highest BCUT2D eigenvalue weighted by atomic mass is 16.7. The van der Waals surface area contributed by atoms with E-state index in [4.69, 9.17) is 14.2 Å². The Morgan fingerprint density at radius 1 is 1.06 bits per heavy atom. The summed E-state index contributed by atoms with van der Waals surface area (Å²) in [6.45, 7) is 7.73. The molecule has 0 spiro atoms. The molecule has 0 aromatic heterocycles. The first-order chi connectivity index (χ1) is 8.86. The second kappa shape index (κ2) is 10.7. The minimum atomic E-state index is -0.130. The fourth-order valence-electron chi connectivity index (χ4n) is 2.29. The lowest BCUT2D eigenvalue weighted by Gasteiger charge is -2.22. The van der Waals surface area contributed by atoms with Crippen LogP contribution in [0, 0.1) is 0 Å². The van der Waals surface area contributed by atoms with E-state index in [1.807, 2.05) is 13.8 Å². The molecular weight excluding hydrogens is 230 g/mol. The molecule has 1 saturated carbocycles. The topological polar surface area (TPSA) is 39.7 Å². The maximum Gasteiger partial charge on any atom is 0.169 e. The van der Waals surface area contributed by atoms with Crippen molar-refractivity contribution in [3.63, 3.8) is 0 Å². The summed E-state index contributed by atoms with van der Waals surface area (Å²) in [6.07, 6.45) is 6.87. The number of hydrogen-bond acceptors (Lipinski definition) is 4. The first-order valence-electron chi connectivity index (χ1n) is 7.42. The fourth-order valence-corrected chi connectivity index (χ4v) is 2.29. The van der Waals surface area contributed by atoms with Crippen LogP contribution in [0.15, 0.2) is 0 Å². The largest absolute Gasteiger partial charge is 0.377 e. The van der Waals surface area contributed by atoms with Gasteiger partial charge < -0.3 is 19.5 Å². The van der Waals surface area contributed by atoms with Crippen molar-refractivity contribution in [2.24, 2.45) is 0 Å². The van der Waals surface area contributed by atoms with Crippen LogP contribution >= 0.6 is 0 Å². The summed E-state index contributed by atoms with van der Waals surface area (Å²) >= 11 is 0. The summed E-state index contributed by atoms with van der Waals surface area (Å²) in [6, 6.07) is 0. The standard InChI is InChI=1S/C14H29NO3/c1-3-16-14(17-4-2)12-15-10-11-18-13-8-6-5-7-9-13/h13-15H,3-12H2,1-2H3. The van der Waals surface area contributed by atoms with Gasteiger partial charge in [-0.1, -0.05) is 19.3 Å². The van der Waals surface area contributed by atoms with Crippen molar-refractivity contribution in [3.05, 3.63) is 0 Å². The summed E-state index contributed by atoms with van der Waals surface area (Å²) in [5, 5.41) is 3.32. The molecule has 0 amide bonds. The van der Waals surface area contributed by atoms with E-state index in [9.17, 15) is 0 Å². The average Bonchev–Trinajstić information content (AvgIpc) is 2.40. The molecule has 0 heterocycles. The van der Waals surface area contributed by atoms with Crippen LogP contribution in [0.25, 0.3) is 0 Å². The Morgan fingerprint density at radius 3 is 2.33 bits per heavy atom. The van der Waals surface area contributed by atoms with Gasteiger partial charge in [-0.3, -0.25) is 0 Å². The van der Waals surface area contributed by atoms with Gasteiger partial charge in [-0.25, -0.2) is 0 Å². The zero-order valence-corrected chi connectivity index (χ0v) is 12.0. The molecule has 4 heteroatoms. The highest BCUT2D eigenvalue weighted by Gasteiger charge is 2.13. The maximum absolute atomic E-state index is 5.84. The quantitative estimate of drug-likeness (QED) is 0.483. The van der Waals surface area contributed by atoms with Crippen molar-refractivity contribution in [2.45, 2.75) is 58.3 Å². The monoisotopic (exact) mass is 259 g/mol. The van der Waals surface area contributed by atoms with Crippen LogP contribution in [0.5, 0.6) is 0 Å². The minimum absolute atomic E-state index is 0.130. The van der Waals surface area contributed by atoms with Crippen LogP contribution in [0.2, 0.25) is 0 Å². The fraction of sp³-hybridized carbons (Fsp3) is 1.00. The number of nitrogens with one attached hydrogen (secondary N) is 1. The molecule has 1 fully saturated rings. The van der Waals surface area contributed by atoms with Gasteiger partial charge >= 0.3 is 0 Å². The Hall–Kier alpha value is -0.160. The van der Waals surface area contributed by atoms with E-state index in [-0.39, 0.29) is 6.29 Å². The van der Waals surface area contributed by atoms with E-state index < -0.39 is 0 Å². The Morgan fingerprint density at radius 2 is 1.72 bits per heavy atom. The molecule has 4 nitrogen and oxygen atoms in total. The smallest absolute Gasteiger partial charge is 0.169 e. The predicted molar refractivity (Wildman–Crippen MR) is 72.7 cm³/mol. The SMILES string of the molecule is CCOC(CNCCOC1CCCCC1)OCC. The lowest BCUT2D eigenvalue weighted by Crippen LogP contribution is -2.34. The van der Waals surface area contributed by atoms with Gasteiger partial charge in [0.1, 0.15) is 0 Å². The Kier molecular flexibility index (Phi) is 9.48. The van der Waals surface area contributed by atoms with Crippen LogP contribution in [0.3, 0.4) is 0 Å². The van der Waals surface area contributed by atoms with E-state index >= 15 is 0 Å². The molecule has 0 atom stereocenters. The van der Waals surface area contributed by atoms with Crippen molar-refractivity contribution in [3.8, 4) is 0 Å². The van der Waals surface area contributed by atoms with Gasteiger partial charge in [0, 0.05) is 26.3 Å². The third-order valence-corrected chi connectivity index (χ3v) is 3.20. The zero-order chi connectivity index (χ0) is 13.1. The zero-order valence-electron chi connectivity index (χ0n) is 12.0. The highest BCUT2D eigenvalue weighted by Crippen LogP contribution is 2.19. The molecule has 1 rings (SSSR count). The molecule has 18 heavy (non-hydrogen) atoms. The molecule has 0 saturated heterocycles. The van der Waals surface area contributed by atoms with Gasteiger partial charge in [0.05, 0.1) is 12.7 Å². The van der Waals surface area contributed by atoms with E-state index in [0.29, 0.717) is 19.3 Å². The Bertz CT molecular complexity index is 178. The van der Waals surface area contributed by atoms with E-state index in [0.717, 1.165) is 19.7 Å². The Labute approximate surface area is 111 Å². The molecule has 0 radical (unpaired) electrons. The maximum atomic E-state index is 5.84. The van der Waals surface area contributed by atoms with Gasteiger partial charge in [0.2, 0.25) is 0 Å². The van der Waals surface area contributed by atoms with Gasteiger partial charge in [0.15, 0.2) is 6.29 Å².